The maximum absolute atomic E-state index is 13.0. The molecule has 6 aromatic carbocycles. The first-order chi connectivity index (χ1) is 25.9. The minimum atomic E-state index is -5.17. The predicted octanol–water partition coefficient (Wildman–Crippen LogP) is 3.77. The first-order valence-electron chi connectivity index (χ1n) is 14.8. The molecule has 0 atom stereocenters. The Kier molecular flexibility index (Phi) is 12.8. The second-order valence-corrected chi connectivity index (χ2v) is 17.2. The molecule has 0 heterocycles. The summed E-state index contributed by atoms with van der Waals surface area (Å²) in [5.41, 5.74) is -1.88. The van der Waals surface area contributed by atoms with Crippen molar-refractivity contribution in [3.05, 3.63) is 84.9 Å². The van der Waals surface area contributed by atoms with Gasteiger partial charge in [0.15, 0.2) is 0 Å². The van der Waals surface area contributed by atoms with E-state index in [1.54, 1.807) is 0 Å². The zero-order chi connectivity index (χ0) is 41.1. The van der Waals surface area contributed by atoms with Crippen LogP contribution < -0.4 is 20.4 Å². The van der Waals surface area contributed by atoms with Crippen LogP contribution >= 0.6 is 0 Å². The van der Waals surface area contributed by atoms with Gasteiger partial charge < -0.3 is 20.4 Å². The molecule has 20 nitrogen and oxygen atoms in total. The van der Waals surface area contributed by atoms with Gasteiger partial charge in [-0.25, -0.2) is 0 Å². The SMILES string of the molecule is O=S(=O)(O)c1ccc2c(N=Nc3ccc(-c4ccc(N=Nc5c([O-])c(S(=O)(=O)O)cc6cc(S(=O)(=O)O)ccc56)c([O-])c4)cc3[O-])c([O-])c(S(=O)(=O)O)cc2c1.[Cu+2].[Cu+2]. The van der Waals surface area contributed by atoms with Crippen molar-refractivity contribution >= 4 is 84.8 Å². The van der Waals surface area contributed by atoms with Crippen LogP contribution in [0.15, 0.2) is 125 Å². The Labute approximate surface area is 348 Å². The number of azo groups is 2. The second-order valence-electron chi connectivity index (χ2n) is 11.5. The van der Waals surface area contributed by atoms with Crippen LogP contribution in [-0.4, -0.2) is 51.9 Å². The van der Waals surface area contributed by atoms with Gasteiger partial charge in [0.1, 0.15) is 0 Å². The van der Waals surface area contributed by atoms with E-state index in [1.165, 1.54) is 12.1 Å². The molecule has 0 spiro atoms. The van der Waals surface area contributed by atoms with Crippen LogP contribution in [0.4, 0.5) is 22.7 Å². The average molecular weight is 970 g/mol. The smallest absolute Gasteiger partial charge is 0.871 e. The Balaban J connectivity index is 0.00000372. The Hall–Kier alpha value is -5.08. The van der Waals surface area contributed by atoms with Gasteiger partial charge in [0.25, 0.3) is 40.5 Å². The van der Waals surface area contributed by atoms with Crippen LogP contribution in [0, 0.1) is 0 Å². The fourth-order valence-corrected chi connectivity index (χ4v) is 7.55. The third-order valence-electron chi connectivity index (χ3n) is 7.93. The molecule has 6 rings (SSSR count). The number of benzene rings is 6. The van der Waals surface area contributed by atoms with Crippen LogP contribution in [0.5, 0.6) is 23.0 Å². The summed E-state index contributed by atoms with van der Waals surface area (Å²) in [4.78, 5) is -3.72. The summed E-state index contributed by atoms with van der Waals surface area (Å²) in [6.45, 7) is 0. The van der Waals surface area contributed by atoms with Crippen LogP contribution in [0.3, 0.4) is 0 Å². The van der Waals surface area contributed by atoms with Crippen molar-refractivity contribution in [1.82, 2.24) is 0 Å². The number of hydrogen-bond acceptors (Lipinski definition) is 16. The first kappa shape index (κ1) is 45.6. The summed E-state index contributed by atoms with van der Waals surface area (Å²) in [7, 11) is -19.9. The number of hydrogen-bond donors (Lipinski definition) is 4. The van der Waals surface area contributed by atoms with E-state index >= 15 is 0 Å². The van der Waals surface area contributed by atoms with Crippen LogP contribution in [0.25, 0.3) is 32.7 Å². The second kappa shape index (κ2) is 16.3. The fraction of sp³-hybridized carbons (Fsp3) is 0. The number of nitrogens with zero attached hydrogens (tertiary/aromatic N) is 4. The van der Waals surface area contributed by atoms with Gasteiger partial charge in [0.2, 0.25) is 0 Å². The van der Waals surface area contributed by atoms with E-state index in [1.807, 2.05) is 0 Å². The quantitative estimate of drug-likeness (QED) is 0.0910. The van der Waals surface area contributed by atoms with Gasteiger partial charge in [-0.1, -0.05) is 59.4 Å². The molecule has 0 aliphatic heterocycles. The van der Waals surface area contributed by atoms with Crippen molar-refractivity contribution in [2.75, 3.05) is 0 Å². The summed E-state index contributed by atoms with van der Waals surface area (Å²) >= 11 is 0. The van der Waals surface area contributed by atoms with E-state index in [4.69, 9.17) is 0 Å². The zero-order valence-corrected chi connectivity index (χ0v) is 32.9. The van der Waals surface area contributed by atoms with Crippen molar-refractivity contribution in [3.63, 3.8) is 0 Å². The standard InChI is InChI=1S/C32H22N4O16S4.2Cu/c37-25-11-15(1-7-23(25)33-35-29-21-5-3-19(53(41,42)43)9-17(21)13-27(31(29)39)55(47,48)49)16-2-8-24(26(38)12-16)34-36-30-22-6-4-20(54(44,45)46)10-18(22)14-28(32(30)40)56(50,51)52;;/h1-14,37-40H,(H,41,42,43)(H,44,45,46)(H,47,48,49)(H,50,51,52);;/q;2*+2/p-4. The average Bonchev–Trinajstić information content (AvgIpc) is 3.09. The van der Waals surface area contributed by atoms with Gasteiger partial charge in [0, 0.05) is 10.8 Å². The summed E-state index contributed by atoms with van der Waals surface area (Å²) in [6, 6.07) is 13.7. The van der Waals surface area contributed by atoms with E-state index < -0.39 is 106 Å². The van der Waals surface area contributed by atoms with E-state index in [2.05, 4.69) is 20.5 Å². The fourth-order valence-electron chi connectivity index (χ4n) is 5.31. The van der Waals surface area contributed by atoms with Crippen molar-refractivity contribution in [1.29, 1.82) is 0 Å². The van der Waals surface area contributed by atoms with Crippen molar-refractivity contribution in [2.24, 2.45) is 20.5 Å². The Morgan fingerprint density at radius 3 is 1.05 bits per heavy atom. The first-order valence-corrected chi connectivity index (χ1v) is 20.6. The monoisotopic (exact) mass is 968 g/mol. The molecule has 0 aliphatic rings. The maximum atomic E-state index is 13.0. The summed E-state index contributed by atoms with van der Waals surface area (Å²) < 4.78 is 132. The van der Waals surface area contributed by atoms with Gasteiger partial charge in [-0.15, -0.1) is 0 Å². The molecular formula is C32H18Cu2N4O16S4. The molecule has 6 aromatic rings. The molecule has 0 saturated carbocycles. The Bertz CT molecular complexity index is 2990. The third-order valence-corrected chi connectivity index (χ3v) is 11.3. The zero-order valence-electron chi connectivity index (χ0n) is 27.8. The van der Waals surface area contributed by atoms with Crippen LogP contribution in [-0.2, 0) is 74.6 Å². The van der Waals surface area contributed by atoms with E-state index in [0.29, 0.717) is 12.1 Å². The number of rotatable bonds is 9. The van der Waals surface area contributed by atoms with Crippen molar-refractivity contribution in [2.45, 2.75) is 19.6 Å². The molecule has 2 radical (unpaired) electrons. The molecular weight excluding hydrogens is 952 g/mol. The molecule has 0 bridgehead atoms. The normalized spacial score (nSPS) is 12.6. The van der Waals surface area contributed by atoms with Crippen LogP contribution in [0.2, 0.25) is 0 Å². The topological polar surface area (TPSA) is 359 Å². The summed E-state index contributed by atoms with van der Waals surface area (Å²) in [5.74, 6) is -4.32. The van der Waals surface area contributed by atoms with E-state index in [9.17, 15) is 72.3 Å². The molecule has 308 valence electrons. The molecule has 0 aromatic heterocycles. The van der Waals surface area contributed by atoms with Crippen molar-refractivity contribution in [3.8, 4) is 34.1 Å². The Morgan fingerprint density at radius 2 is 0.759 bits per heavy atom. The largest absolute Gasteiger partial charge is 2.00 e. The predicted molar refractivity (Wildman–Crippen MR) is 185 cm³/mol. The minimum absolute atomic E-state index is 0. The van der Waals surface area contributed by atoms with E-state index in [-0.39, 0.29) is 66.8 Å². The van der Waals surface area contributed by atoms with Gasteiger partial charge in [-0.2, -0.15) is 54.1 Å². The van der Waals surface area contributed by atoms with Crippen molar-refractivity contribution < 1.29 is 106 Å². The molecule has 0 saturated heterocycles. The summed E-state index contributed by atoms with van der Waals surface area (Å²) in [5, 5.41) is 65.9. The maximum Gasteiger partial charge on any atom is 2.00 e. The van der Waals surface area contributed by atoms with Gasteiger partial charge in [0.05, 0.1) is 42.3 Å². The van der Waals surface area contributed by atoms with Gasteiger partial charge in [-0.3, -0.25) is 18.2 Å². The molecule has 0 aliphatic carbocycles. The van der Waals surface area contributed by atoms with Crippen LogP contribution in [0.1, 0.15) is 0 Å². The molecule has 26 heteroatoms. The molecule has 0 amide bonds. The summed E-state index contributed by atoms with van der Waals surface area (Å²) in [6.07, 6.45) is 0. The molecule has 58 heavy (non-hydrogen) atoms. The molecule has 4 N–H and O–H groups in total. The number of fused-ring (bicyclic) bond motifs is 2. The molecule has 0 unspecified atom stereocenters. The van der Waals surface area contributed by atoms with E-state index in [0.717, 1.165) is 60.7 Å². The van der Waals surface area contributed by atoms with Gasteiger partial charge >= 0.3 is 34.1 Å². The molecule has 0 fully saturated rings. The van der Waals surface area contributed by atoms with Gasteiger partial charge in [-0.05, 0) is 70.4 Å². The third kappa shape index (κ3) is 9.28. The minimum Gasteiger partial charge on any atom is -0.871 e. The Morgan fingerprint density at radius 1 is 0.414 bits per heavy atom.